The van der Waals surface area contributed by atoms with Crippen LogP contribution in [0.25, 0.3) is 0 Å². The highest BCUT2D eigenvalue weighted by Gasteiger charge is 2.21. The Labute approximate surface area is 109 Å². The number of hydrogen-bond acceptors (Lipinski definition) is 3. The number of anilines is 1. The van der Waals surface area contributed by atoms with Crippen LogP contribution in [-0.4, -0.2) is 32.1 Å². The SMILES string of the molecule is CCCOC1CCCN(c2ccccc2C=O)C1. The molecule has 1 aliphatic heterocycles. The number of nitrogens with zero attached hydrogens (tertiary/aromatic N) is 1. The monoisotopic (exact) mass is 247 g/mol. The van der Waals surface area contributed by atoms with Gasteiger partial charge in [-0.25, -0.2) is 0 Å². The number of benzene rings is 1. The number of rotatable bonds is 5. The van der Waals surface area contributed by atoms with Crippen LogP contribution in [-0.2, 0) is 4.74 Å². The third-order valence-electron chi connectivity index (χ3n) is 3.34. The van der Waals surface area contributed by atoms with E-state index in [1.807, 2.05) is 24.3 Å². The number of carbonyl (C=O) groups is 1. The van der Waals surface area contributed by atoms with E-state index < -0.39 is 0 Å². The summed E-state index contributed by atoms with van der Waals surface area (Å²) in [6.07, 6.45) is 4.55. The first kappa shape index (κ1) is 13.1. The van der Waals surface area contributed by atoms with E-state index in [0.29, 0.717) is 6.10 Å². The standard InChI is InChI=1S/C15H21NO2/c1-2-10-18-14-7-5-9-16(11-14)15-8-4-3-6-13(15)12-17/h3-4,6,8,12,14H,2,5,7,9-11H2,1H3. The summed E-state index contributed by atoms with van der Waals surface area (Å²) in [7, 11) is 0. The van der Waals surface area contributed by atoms with Gasteiger partial charge < -0.3 is 9.64 Å². The second-order valence-electron chi connectivity index (χ2n) is 4.76. The molecule has 0 radical (unpaired) electrons. The van der Waals surface area contributed by atoms with Crippen molar-refractivity contribution in [2.24, 2.45) is 0 Å². The highest BCUT2D eigenvalue weighted by atomic mass is 16.5. The van der Waals surface area contributed by atoms with Crippen molar-refractivity contribution in [3.63, 3.8) is 0 Å². The molecule has 0 aromatic heterocycles. The molecule has 1 fully saturated rings. The molecule has 1 unspecified atom stereocenters. The van der Waals surface area contributed by atoms with E-state index >= 15 is 0 Å². The Morgan fingerprint density at radius 2 is 2.28 bits per heavy atom. The predicted octanol–water partition coefficient (Wildman–Crippen LogP) is 2.89. The van der Waals surface area contributed by atoms with Crippen molar-refractivity contribution in [1.29, 1.82) is 0 Å². The quantitative estimate of drug-likeness (QED) is 0.749. The third-order valence-corrected chi connectivity index (χ3v) is 3.34. The second kappa shape index (κ2) is 6.55. The van der Waals surface area contributed by atoms with Crippen LogP contribution >= 0.6 is 0 Å². The Balaban J connectivity index is 2.05. The Bertz CT molecular complexity index is 392. The zero-order valence-corrected chi connectivity index (χ0v) is 11.0. The number of hydrogen-bond donors (Lipinski definition) is 0. The van der Waals surface area contributed by atoms with Gasteiger partial charge in [-0.05, 0) is 31.4 Å². The minimum atomic E-state index is 0.304. The van der Waals surface area contributed by atoms with Gasteiger partial charge in [-0.15, -0.1) is 0 Å². The van der Waals surface area contributed by atoms with Crippen molar-refractivity contribution in [1.82, 2.24) is 0 Å². The van der Waals surface area contributed by atoms with E-state index in [1.54, 1.807) is 0 Å². The molecule has 1 aromatic carbocycles. The number of piperidine rings is 1. The van der Waals surface area contributed by atoms with E-state index in [0.717, 1.165) is 56.5 Å². The molecule has 3 nitrogen and oxygen atoms in total. The lowest BCUT2D eigenvalue weighted by atomic mass is 10.1. The first-order valence-electron chi connectivity index (χ1n) is 6.76. The normalized spacial score (nSPS) is 19.8. The van der Waals surface area contributed by atoms with Crippen LogP contribution < -0.4 is 4.90 Å². The smallest absolute Gasteiger partial charge is 0.152 e. The minimum absolute atomic E-state index is 0.304. The second-order valence-corrected chi connectivity index (χ2v) is 4.76. The van der Waals surface area contributed by atoms with Gasteiger partial charge in [-0.2, -0.15) is 0 Å². The van der Waals surface area contributed by atoms with E-state index in [4.69, 9.17) is 4.74 Å². The summed E-state index contributed by atoms with van der Waals surface area (Å²) in [4.78, 5) is 13.3. The van der Waals surface area contributed by atoms with Crippen molar-refractivity contribution in [3.05, 3.63) is 29.8 Å². The maximum absolute atomic E-state index is 11.1. The maximum atomic E-state index is 11.1. The number of aldehydes is 1. The van der Waals surface area contributed by atoms with Crippen LogP contribution in [0.2, 0.25) is 0 Å². The molecular weight excluding hydrogens is 226 g/mol. The number of ether oxygens (including phenoxy) is 1. The Kier molecular flexibility index (Phi) is 4.76. The van der Waals surface area contributed by atoms with Crippen LogP contribution in [0.4, 0.5) is 5.69 Å². The fraction of sp³-hybridized carbons (Fsp3) is 0.533. The van der Waals surface area contributed by atoms with Crippen LogP contribution in [0.1, 0.15) is 36.5 Å². The van der Waals surface area contributed by atoms with Gasteiger partial charge in [-0.1, -0.05) is 19.1 Å². The summed E-state index contributed by atoms with van der Waals surface area (Å²) in [6, 6.07) is 7.78. The van der Waals surface area contributed by atoms with Gasteiger partial charge in [0.05, 0.1) is 6.10 Å². The molecule has 1 saturated heterocycles. The molecule has 1 aliphatic rings. The zero-order valence-electron chi connectivity index (χ0n) is 11.0. The third kappa shape index (κ3) is 3.10. The fourth-order valence-corrected chi connectivity index (χ4v) is 2.45. The molecule has 3 heteroatoms. The molecule has 98 valence electrons. The fourth-order valence-electron chi connectivity index (χ4n) is 2.45. The lowest BCUT2D eigenvalue weighted by Gasteiger charge is -2.34. The summed E-state index contributed by atoms with van der Waals surface area (Å²) >= 11 is 0. The first-order chi connectivity index (χ1) is 8.85. The number of carbonyl (C=O) groups excluding carboxylic acids is 1. The molecule has 1 atom stereocenters. The highest BCUT2D eigenvalue weighted by Crippen LogP contribution is 2.24. The maximum Gasteiger partial charge on any atom is 0.152 e. The molecule has 18 heavy (non-hydrogen) atoms. The topological polar surface area (TPSA) is 29.5 Å². The van der Waals surface area contributed by atoms with Crippen molar-refractivity contribution in [2.75, 3.05) is 24.6 Å². The van der Waals surface area contributed by atoms with E-state index in [1.165, 1.54) is 0 Å². The van der Waals surface area contributed by atoms with E-state index in [9.17, 15) is 4.79 Å². The van der Waals surface area contributed by atoms with Crippen LogP contribution in [0.3, 0.4) is 0 Å². The lowest BCUT2D eigenvalue weighted by Crippen LogP contribution is -2.40. The average Bonchev–Trinajstić information content (AvgIpc) is 2.45. The molecule has 0 spiro atoms. The molecule has 0 saturated carbocycles. The van der Waals surface area contributed by atoms with Gasteiger partial charge in [0.1, 0.15) is 0 Å². The Morgan fingerprint density at radius 3 is 3.06 bits per heavy atom. The summed E-state index contributed by atoms with van der Waals surface area (Å²) < 4.78 is 5.83. The molecular formula is C15H21NO2. The first-order valence-corrected chi connectivity index (χ1v) is 6.76. The minimum Gasteiger partial charge on any atom is -0.376 e. The average molecular weight is 247 g/mol. The molecule has 2 rings (SSSR count). The van der Waals surface area contributed by atoms with Crippen LogP contribution in [0.5, 0.6) is 0 Å². The van der Waals surface area contributed by atoms with Crippen LogP contribution in [0.15, 0.2) is 24.3 Å². The Morgan fingerprint density at radius 1 is 1.44 bits per heavy atom. The molecule has 0 amide bonds. The van der Waals surface area contributed by atoms with Gasteiger partial charge in [0.25, 0.3) is 0 Å². The largest absolute Gasteiger partial charge is 0.376 e. The zero-order chi connectivity index (χ0) is 12.8. The van der Waals surface area contributed by atoms with Crippen molar-refractivity contribution >= 4 is 12.0 Å². The van der Waals surface area contributed by atoms with Crippen molar-refractivity contribution < 1.29 is 9.53 Å². The van der Waals surface area contributed by atoms with E-state index in [-0.39, 0.29) is 0 Å². The van der Waals surface area contributed by atoms with Gasteiger partial charge >= 0.3 is 0 Å². The molecule has 0 aliphatic carbocycles. The van der Waals surface area contributed by atoms with Gasteiger partial charge in [-0.3, -0.25) is 4.79 Å². The van der Waals surface area contributed by atoms with Crippen molar-refractivity contribution in [3.8, 4) is 0 Å². The van der Waals surface area contributed by atoms with E-state index in [2.05, 4.69) is 11.8 Å². The number of para-hydroxylation sites is 1. The summed E-state index contributed by atoms with van der Waals surface area (Å²) in [6.45, 7) is 4.86. The predicted molar refractivity (Wildman–Crippen MR) is 73.3 cm³/mol. The molecule has 1 heterocycles. The van der Waals surface area contributed by atoms with Gasteiger partial charge in [0.2, 0.25) is 0 Å². The molecule has 0 N–H and O–H groups in total. The summed E-state index contributed by atoms with van der Waals surface area (Å²) in [5, 5.41) is 0. The highest BCUT2D eigenvalue weighted by molar-refractivity contribution is 5.84. The Hall–Kier alpha value is -1.35. The van der Waals surface area contributed by atoms with Gasteiger partial charge in [0, 0.05) is 30.9 Å². The summed E-state index contributed by atoms with van der Waals surface area (Å²) in [5.41, 5.74) is 1.81. The molecule has 1 aromatic rings. The van der Waals surface area contributed by atoms with Crippen LogP contribution in [0, 0.1) is 0 Å². The lowest BCUT2D eigenvalue weighted by molar-refractivity contribution is 0.0440. The van der Waals surface area contributed by atoms with Gasteiger partial charge in [0.15, 0.2) is 6.29 Å². The summed E-state index contributed by atoms with van der Waals surface area (Å²) in [5.74, 6) is 0. The van der Waals surface area contributed by atoms with Crippen molar-refractivity contribution in [2.45, 2.75) is 32.3 Å². The molecule has 0 bridgehead atoms.